The maximum Gasteiger partial charge on any atom is 0.214 e. The zero-order valence-electron chi connectivity index (χ0n) is 9.92. The fourth-order valence-corrected chi connectivity index (χ4v) is 2.29. The van der Waals surface area contributed by atoms with E-state index in [0.717, 1.165) is 27.7 Å². The molecule has 0 bridgehead atoms. The van der Waals surface area contributed by atoms with Crippen LogP contribution in [-0.4, -0.2) is 26.0 Å². The van der Waals surface area contributed by atoms with Gasteiger partial charge in [0.1, 0.15) is 0 Å². The lowest BCUT2D eigenvalue weighted by molar-refractivity contribution is 0.747. The Balaban J connectivity index is 2.46. The number of para-hydroxylation sites is 1. The number of benzene rings is 1. The van der Waals surface area contributed by atoms with Crippen LogP contribution in [0.2, 0.25) is 0 Å². The molecule has 88 valence electrons. The first-order valence-electron chi connectivity index (χ1n) is 5.32. The van der Waals surface area contributed by atoms with E-state index in [1.54, 1.807) is 16.4 Å². The van der Waals surface area contributed by atoms with E-state index in [4.69, 9.17) is 0 Å². The molecule has 0 amide bonds. The normalized spacial score (nSPS) is 10.5. The molecular weight excluding hydrogens is 232 g/mol. The van der Waals surface area contributed by atoms with Crippen LogP contribution in [0.5, 0.6) is 0 Å². The van der Waals surface area contributed by atoms with Gasteiger partial charge in [-0.05, 0) is 35.4 Å². The summed E-state index contributed by atoms with van der Waals surface area (Å²) >= 11 is 1.57. The molecule has 1 heterocycles. The van der Waals surface area contributed by atoms with Gasteiger partial charge < -0.3 is 0 Å². The molecule has 0 radical (unpaired) electrons. The lowest BCUT2D eigenvalue weighted by atomic mass is 10.1. The fraction of sp³-hybridized carbons (Fsp3) is 0.250. The maximum absolute atomic E-state index is 4.06. The van der Waals surface area contributed by atoms with E-state index in [2.05, 4.69) is 48.1 Å². The number of aryl methyl sites for hydroxylation is 2. The zero-order valence-corrected chi connectivity index (χ0v) is 10.7. The second-order valence-corrected chi connectivity index (χ2v) is 4.70. The molecule has 0 atom stereocenters. The summed E-state index contributed by atoms with van der Waals surface area (Å²) in [6, 6.07) is 6.16. The van der Waals surface area contributed by atoms with Crippen molar-refractivity contribution in [1.82, 2.24) is 20.2 Å². The van der Waals surface area contributed by atoms with Crippen LogP contribution < -0.4 is 0 Å². The molecule has 2 aromatic rings. The van der Waals surface area contributed by atoms with Crippen LogP contribution in [-0.2, 0) is 0 Å². The van der Waals surface area contributed by atoms with Crippen LogP contribution in [0, 0.1) is 13.8 Å². The van der Waals surface area contributed by atoms with Gasteiger partial charge in [0.15, 0.2) is 0 Å². The predicted octanol–water partition coefficient (Wildman–Crippen LogP) is 2.56. The van der Waals surface area contributed by atoms with Crippen molar-refractivity contribution in [3.8, 4) is 5.69 Å². The van der Waals surface area contributed by atoms with E-state index in [-0.39, 0.29) is 0 Å². The van der Waals surface area contributed by atoms with Gasteiger partial charge in [-0.3, -0.25) is 0 Å². The van der Waals surface area contributed by atoms with Gasteiger partial charge in [0, 0.05) is 5.75 Å². The Morgan fingerprint density at radius 2 is 2.06 bits per heavy atom. The first kappa shape index (κ1) is 11.9. The maximum atomic E-state index is 4.06. The number of thioether (sulfide) groups is 1. The average Bonchev–Trinajstić information content (AvgIpc) is 2.74. The highest BCUT2D eigenvalue weighted by atomic mass is 32.2. The third-order valence-corrected chi connectivity index (χ3v) is 3.34. The molecule has 0 aliphatic heterocycles. The Hall–Kier alpha value is -1.62. The summed E-state index contributed by atoms with van der Waals surface area (Å²) in [7, 11) is 0. The SMILES string of the molecule is C=CCSc1nnnn1-c1c(C)cccc1C. The van der Waals surface area contributed by atoms with E-state index in [0.29, 0.717) is 0 Å². The fourth-order valence-electron chi connectivity index (χ4n) is 1.68. The number of hydrogen-bond donors (Lipinski definition) is 0. The topological polar surface area (TPSA) is 43.6 Å². The van der Waals surface area contributed by atoms with Crippen molar-refractivity contribution in [3.63, 3.8) is 0 Å². The molecule has 0 saturated carbocycles. The molecule has 4 nitrogen and oxygen atoms in total. The quantitative estimate of drug-likeness (QED) is 0.614. The summed E-state index contributed by atoms with van der Waals surface area (Å²) in [4.78, 5) is 0. The van der Waals surface area contributed by atoms with Gasteiger partial charge in [-0.2, -0.15) is 4.68 Å². The molecule has 1 aromatic heterocycles. The van der Waals surface area contributed by atoms with E-state index < -0.39 is 0 Å². The van der Waals surface area contributed by atoms with Crippen molar-refractivity contribution in [2.45, 2.75) is 19.0 Å². The Kier molecular flexibility index (Phi) is 3.58. The van der Waals surface area contributed by atoms with E-state index in [9.17, 15) is 0 Å². The highest BCUT2D eigenvalue weighted by Crippen LogP contribution is 2.23. The molecule has 0 fully saturated rings. The van der Waals surface area contributed by atoms with Crippen molar-refractivity contribution in [3.05, 3.63) is 42.0 Å². The second-order valence-electron chi connectivity index (χ2n) is 3.71. The molecule has 0 saturated heterocycles. The van der Waals surface area contributed by atoms with Crippen LogP contribution in [0.3, 0.4) is 0 Å². The molecule has 2 rings (SSSR count). The standard InChI is InChI=1S/C12H14N4S/c1-4-8-17-12-13-14-15-16(12)11-9(2)6-5-7-10(11)3/h4-7H,1,8H2,2-3H3. The Bertz CT molecular complexity index is 513. The first-order valence-corrected chi connectivity index (χ1v) is 6.31. The van der Waals surface area contributed by atoms with Crippen molar-refractivity contribution in [1.29, 1.82) is 0 Å². The number of tetrazole rings is 1. The predicted molar refractivity (Wildman–Crippen MR) is 69.5 cm³/mol. The van der Waals surface area contributed by atoms with Crippen LogP contribution >= 0.6 is 11.8 Å². The molecule has 1 aromatic carbocycles. The molecule has 0 aliphatic carbocycles. The van der Waals surface area contributed by atoms with Crippen molar-refractivity contribution >= 4 is 11.8 Å². The lowest BCUT2D eigenvalue weighted by Crippen LogP contribution is -2.03. The number of rotatable bonds is 4. The highest BCUT2D eigenvalue weighted by molar-refractivity contribution is 7.99. The van der Waals surface area contributed by atoms with E-state index >= 15 is 0 Å². The molecule has 0 unspecified atom stereocenters. The summed E-state index contributed by atoms with van der Waals surface area (Å²) in [6.45, 7) is 7.82. The summed E-state index contributed by atoms with van der Waals surface area (Å²) in [5.74, 6) is 0.797. The van der Waals surface area contributed by atoms with Gasteiger partial charge in [0.05, 0.1) is 5.69 Å². The van der Waals surface area contributed by atoms with E-state index in [1.165, 1.54) is 0 Å². The minimum absolute atomic E-state index is 0.794. The summed E-state index contributed by atoms with van der Waals surface area (Å²) in [6.07, 6.45) is 1.84. The Morgan fingerprint density at radius 3 is 2.71 bits per heavy atom. The minimum atomic E-state index is 0.794. The third kappa shape index (κ3) is 2.39. The molecule has 0 aliphatic rings. The number of hydrogen-bond acceptors (Lipinski definition) is 4. The number of nitrogens with zero attached hydrogens (tertiary/aromatic N) is 4. The van der Waals surface area contributed by atoms with Crippen LogP contribution in [0.25, 0.3) is 5.69 Å². The van der Waals surface area contributed by atoms with Crippen LogP contribution in [0.15, 0.2) is 36.0 Å². The minimum Gasteiger partial charge on any atom is -0.187 e. The van der Waals surface area contributed by atoms with Gasteiger partial charge >= 0.3 is 0 Å². The third-order valence-electron chi connectivity index (χ3n) is 2.42. The average molecular weight is 246 g/mol. The summed E-state index contributed by atoms with van der Waals surface area (Å²) in [5.41, 5.74) is 3.39. The first-order chi connectivity index (χ1) is 8.24. The largest absolute Gasteiger partial charge is 0.214 e. The van der Waals surface area contributed by atoms with Crippen LogP contribution in [0.4, 0.5) is 0 Å². The molecule has 5 heteroatoms. The zero-order chi connectivity index (χ0) is 12.3. The van der Waals surface area contributed by atoms with Crippen molar-refractivity contribution in [2.24, 2.45) is 0 Å². The summed E-state index contributed by atoms with van der Waals surface area (Å²) in [5, 5.41) is 12.6. The van der Waals surface area contributed by atoms with E-state index in [1.807, 2.05) is 12.1 Å². The lowest BCUT2D eigenvalue weighted by Gasteiger charge is -2.09. The Morgan fingerprint density at radius 1 is 1.35 bits per heavy atom. The smallest absolute Gasteiger partial charge is 0.187 e. The molecule has 0 N–H and O–H groups in total. The van der Waals surface area contributed by atoms with Crippen LogP contribution in [0.1, 0.15) is 11.1 Å². The summed E-state index contributed by atoms with van der Waals surface area (Å²) < 4.78 is 1.79. The van der Waals surface area contributed by atoms with Gasteiger partial charge in [-0.25, -0.2) is 0 Å². The molecular formula is C12H14N4S. The molecule has 17 heavy (non-hydrogen) atoms. The second kappa shape index (κ2) is 5.14. The number of aromatic nitrogens is 4. The van der Waals surface area contributed by atoms with Crippen molar-refractivity contribution in [2.75, 3.05) is 5.75 Å². The van der Waals surface area contributed by atoms with Gasteiger partial charge in [0.2, 0.25) is 5.16 Å². The van der Waals surface area contributed by atoms with Gasteiger partial charge in [-0.15, -0.1) is 11.7 Å². The highest BCUT2D eigenvalue weighted by Gasteiger charge is 2.12. The van der Waals surface area contributed by atoms with Crippen molar-refractivity contribution < 1.29 is 0 Å². The van der Waals surface area contributed by atoms with Gasteiger partial charge in [-0.1, -0.05) is 36.0 Å². The molecule has 0 spiro atoms. The monoisotopic (exact) mass is 246 g/mol. The Labute approximate surface area is 105 Å². The van der Waals surface area contributed by atoms with Gasteiger partial charge in [0.25, 0.3) is 0 Å².